The highest BCUT2D eigenvalue weighted by atomic mass is 35.5. The molecule has 2 aliphatic heterocycles. The number of fused-ring (bicyclic) bond motifs is 2. The molecule has 0 spiro atoms. The number of hydrogen-bond donors (Lipinski definition) is 2. The SMILES string of the molecule is O=C(Nc1ccccc1-c1ccc(F)c(Cl)c1)OCC1CC2CCC(C1)N2. The lowest BCUT2D eigenvalue weighted by Crippen LogP contribution is -2.39. The lowest BCUT2D eigenvalue weighted by Gasteiger charge is -2.28. The van der Waals surface area contributed by atoms with Gasteiger partial charge in [-0.3, -0.25) is 5.32 Å². The third kappa shape index (κ3) is 4.25. The largest absolute Gasteiger partial charge is 0.449 e. The number of nitrogens with one attached hydrogen (secondary N) is 2. The first-order chi connectivity index (χ1) is 13.1. The lowest BCUT2D eigenvalue weighted by molar-refractivity contribution is 0.122. The molecule has 2 aliphatic rings. The first kappa shape index (κ1) is 18.3. The molecule has 2 aromatic carbocycles. The molecule has 0 aliphatic carbocycles. The summed E-state index contributed by atoms with van der Waals surface area (Å²) in [6.45, 7) is 0.436. The van der Waals surface area contributed by atoms with Gasteiger partial charge in [0.1, 0.15) is 5.82 Å². The summed E-state index contributed by atoms with van der Waals surface area (Å²) < 4.78 is 18.9. The average Bonchev–Trinajstić information content (AvgIpc) is 3.01. The molecule has 2 bridgehead atoms. The summed E-state index contributed by atoms with van der Waals surface area (Å²) in [4.78, 5) is 12.3. The van der Waals surface area contributed by atoms with Crippen LogP contribution in [0.1, 0.15) is 25.7 Å². The third-order valence-electron chi connectivity index (χ3n) is 5.42. The number of carbonyl (C=O) groups excluding carboxylic acids is 1. The number of ether oxygens (including phenoxy) is 1. The summed E-state index contributed by atoms with van der Waals surface area (Å²) in [5.41, 5.74) is 2.10. The topological polar surface area (TPSA) is 50.4 Å². The van der Waals surface area contributed by atoms with E-state index in [1.165, 1.54) is 18.9 Å². The number of para-hydroxylation sites is 1. The summed E-state index contributed by atoms with van der Waals surface area (Å²) in [6.07, 6.45) is 4.10. The molecule has 0 saturated carbocycles. The highest BCUT2D eigenvalue weighted by Crippen LogP contribution is 2.32. The Hall–Kier alpha value is -2.11. The van der Waals surface area contributed by atoms with Crippen LogP contribution in [0.2, 0.25) is 5.02 Å². The highest BCUT2D eigenvalue weighted by molar-refractivity contribution is 6.31. The number of carbonyl (C=O) groups is 1. The van der Waals surface area contributed by atoms with Gasteiger partial charge < -0.3 is 10.1 Å². The molecule has 2 unspecified atom stereocenters. The molecule has 2 heterocycles. The summed E-state index contributed by atoms with van der Waals surface area (Å²) >= 11 is 5.89. The van der Waals surface area contributed by atoms with Gasteiger partial charge >= 0.3 is 6.09 Å². The van der Waals surface area contributed by atoms with Crippen LogP contribution in [0, 0.1) is 11.7 Å². The van der Waals surface area contributed by atoms with Gasteiger partial charge in [0.15, 0.2) is 0 Å². The zero-order valence-corrected chi connectivity index (χ0v) is 15.6. The minimum absolute atomic E-state index is 0.0467. The van der Waals surface area contributed by atoms with Crippen molar-refractivity contribution in [2.75, 3.05) is 11.9 Å². The van der Waals surface area contributed by atoms with Crippen LogP contribution in [-0.4, -0.2) is 24.8 Å². The van der Waals surface area contributed by atoms with E-state index < -0.39 is 11.9 Å². The molecule has 4 nitrogen and oxygen atoms in total. The molecular weight excluding hydrogens is 367 g/mol. The van der Waals surface area contributed by atoms with Gasteiger partial charge in [0.2, 0.25) is 0 Å². The Balaban J connectivity index is 1.40. The molecule has 2 atom stereocenters. The Morgan fingerprint density at radius 3 is 2.67 bits per heavy atom. The van der Waals surface area contributed by atoms with Crippen LogP contribution in [0.5, 0.6) is 0 Å². The van der Waals surface area contributed by atoms with Crippen LogP contribution < -0.4 is 10.6 Å². The van der Waals surface area contributed by atoms with Crippen molar-refractivity contribution in [3.05, 3.63) is 53.3 Å². The molecule has 2 N–H and O–H groups in total. The molecule has 0 aromatic heterocycles. The Morgan fingerprint density at radius 2 is 1.93 bits per heavy atom. The van der Waals surface area contributed by atoms with Crippen molar-refractivity contribution < 1.29 is 13.9 Å². The monoisotopic (exact) mass is 388 g/mol. The van der Waals surface area contributed by atoms with E-state index in [9.17, 15) is 9.18 Å². The van der Waals surface area contributed by atoms with Crippen molar-refractivity contribution in [1.82, 2.24) is 5.32 Å². The van der Waals surface area contributed by atoms with Crippen molar-refractivity contribution in [3.8, 4) is 11.1 Å². The van der Waals surface area contributed by atoms with E-state index in [0.717, 1.165) is 24.0 Å². The number of rotatable bonds is 4. The molecule has 6 heteroatoms. The third-order valence-corrected chi connectivity index (χ3v) is 5.70. The van der Waals surface area contributed by atoms with Crippen LogP contribution in [0.3, 0.4) is 0 Å². The van der Waals surface area contributed by atoms with Gasteiger partial charge in [-0.2, -0.15) is 0 Å². The predicted molar refractivity (Wildman–Crippen MR) is 104 cm³/mol. The molecule has 1 amide bonds. The van der Waals surface area contributed by atoms with Gasteiger partial charge in [-0.15, -0.1) is 0 Å². The number of halogens is 2. The first-order valence-corrected chi connectivity index (χ1v) is 9.70. The summed E-state index contributed by atoms with van der Waals surface area (Å²) in [5.74, 6) is -0.0538. The van der Waals surface area contributed by atoms with Gasteiger partial charge in [0, 0.05) is 17.6 Å². The average molecular weight is 389 g/mol. The number of hydrogen-bond acceptors (Lipinski definition) is 3. The fraction of sp³-hybridized carbons (Fsp3) is 0.381. The number of anilines is 1. The van der Waals surface area contributed by atoms with E-state index in [1.807, 2.05) is 18.2 Å². The maximum Gasteiger partial charge on any atom is 0.411 e. The summed E-state index contributed by atoms with van der Waals surface area (Å²) in [7, 11) is 0. The summed E-state index contributed by atoms with van der Waals surface area (Å²) in [5, 5.41) is 6.44. The van der Waals surface area contributed by atoms with Gasteiger partial charge in [-0.05, 0) is 55.4 Å². The Kier molecular flexibility index (Phi) is 5.32. The molecule has 27 heavy (non-hydrogen) atoms. The van der Waals surface area contributed by atoms with Crippen LogP contribution in [0.15, 0.2) is 42.5 Å². The van der Waals surface area contributed by atoms with Crippen LogP contribution in [0.25, 0.3) is 11.1 Å². The lowest BCUT2D eigenvalue weighted by atomic mass is 9.93. The molecule has 4 rings (SSSR count). The second-order valence-electron chi connectivity index (χ2n) is 7.37. The summed E-state index contributed by atoms with van der Waals surface area (Å²) in [6, 6.07) is 13.0. The molecule has 0 radical (unpaired) electrons. The predicted octanol–water partition coefficient (Wildman–Crippen LogP) is 5.23. The number of benzene rings is 2. The standard InChI is InChI=1S/C21H22ClFN2O2/c22-18-11-14(5-8-19(18)23)17-3-1-2-4-20(17)25-21(26)27-12-13-9-15-6-7-16(10-13)24-15/h1-5,8,11,13,15-16,24H,6-7,9-10,12H2,(H,25,26). The van der Waals surface area contributed by atoms with E-state index in [-0.39, 0.29) is 5.02 Å². The van der Waals surface area contributed by atoms with Crippen molar-refractivity contribution >= 4 is 23.4 Å². The quantitative estimate of drug-likeness (QED) is 0.754. The first-order valence-electron chi connectivity index (χ1n) is 9.33. The molecule has 2 fully saturated rings. The highest BCUT2D eigenvalue weighted by Gasteiger charge is 2.33. The van der Waals surface area contributed by atoms with Gasteiger partial charge in [-0.25, -0.2) is 9.18 Å². The van der Waals surface area contributed by atoms with E-state index in [4.69, 9.17) is 16.3 Å². The minimum Gasteiger partial charge on any atom is -0.449 e. The number of amides is 1. The molecule has 2 saturated heterocycles. The molecule has 142 valence electrons. The van der Waals surface area contributed by atoms with E-state index in [0.29, 0.717) is 30.3 Å². The maximum absolute atomic E-state index is 13.4. The van der Waals surface area contributed by atoms with Crippen LogP contribution >= 0.6 is 11.6 Å². The second-order valence-corrected chi connectivity index (χ2v) is 7.78. The van der Waals surface area contributed by atoms with Crippen molar-refractivity contribution in [3.63, 3.8) is 0 Å². The normalized spacial score (nSPS) is 23.9. The Bertz CT molecular complexity index is 833. The molecular formula is C21H22ClFN2O2. The van der Waals surface area contributed by atoms with Crippen molar-refractivity contribution in [1.29, 1.82) is 0 Å². The maximum atomic E-state index is 13.4. The fourth-order valence-electron chi connectivity index (χ4n) is 4.16. The van der Waals surface area contributed by atoms with Crippen molar-refractivity contribution in [2.24, 2.45) is 5.92 Å². The zero-order valence-electron chi connectivity index (χ0n) is 14.9. The smallest absolute Gasteiger partial charge is 0.411 e. The molecule has 2 aromatic rings. The van der Waals surface area contributed by atoms with E-state index in [2.05, 4.69) is 10.6 Å². The zero-order chi connectivity index (χ0) is 18.8. The van der Waals surface area contributed by atoms with Gasteiger partial charge in [-0.1, -0.05) is 35.9 Å². The second kappa shape index (κ2) is 7.87. The fourth-order valence-corrected chi connectivity index (χ4v) is 4.34. The Morgan fingerprint density at radius 1 is 1.19 bits per heavy atom. The van der Waals surface area contributed by atoms with Crippen LogP contribution in [0.4, 0.5) is 14.9 Å². The van der Waals surface area contributed by atoms with Gasteiger partial charge in [0.05, 0.1) is 17.3 Å². The van der Waals surface area contributed by atoms with E-state index in [1.54, 1.807) is 18.2 Å². The van der Waals surface area contributed by atoms with Gasteiger partial charge in [0.25, 0.3) is 0 Å². The van der Waals surface area contributed by atoms with Crippen molar-refractivity contribution in [2.45, 2.75) is 37.8 Å². The van der Waals surface area contributed by atoms with Crippen LogP contribution in [-0.2, 0) is 4.74 Å². The number of piperidine rings is 1. The Labute approximate surface area is 163 Å². The minimum atomic E-state index is -0.471. The van der Waals surface area contributed by atoms with E-state index >= 15 is 0 Å².